The van der Waals surface area contributed by atoms with Crippen molar-refractivity contribution in [1.82, 2.24) is 19.7 Å². The number of carbonyl (C=O) groups is 1. The third kappa shape index (κ3) is 4.78. The van der Waals surface area contributed by atoms with Crippen molar-refractivity contribution in [3.05, 3.63) is 66.0 Å². The van der Waals surface area contributed by atoms with E-state index in [4.69, 9.17) is 0 Å². The second-order valence-electron chi connectivity index (χ2n) is 8.30. The van der Waals surface area contributed by atoms with E-state index in [0.717, 1.165) is 31.9 Å². The van der Waals surface area contributed by atoms with Crippen molar-refractivity contribution >= 4 is 5.91 Å². The number of piperidine rings is 1. The molecule has 1 aromatic carbocycles. The molecule has 0 N–H and O–H groups in total. The Balaban J connectivity index is 1.35. The summed E-state index contributed by atoms with van der Waals surface area (Å²) in [5.41, 5.74) is 2.37. The quantitative estimate of drug-likeness (QED) is 0.775. The molecule has 0 radical (unpaired) electrons. The fourth-order valence-electron chi connectivity index (χ4n) is 4.55. The molecule has 0 aliphatic carbocycles. The molecule has 3 aliphatic rings. The van der Waals surface area contributed by atoms with Gasteiger partial charge in [-0.05, 0) is 43.5 Å². The predicted molar refractivity (Wildman–Crippen MR) is 111 cm³/mol. The zero-order valence-corrected chi connectivity index (χ0v) is 16.7. The maximum atomic E-state index is 13.0. The van der Waals surface area contributed by atoms with Crippen LogP contribution in [0.3, 0.4) is 0 Å². The van der Waals surface area contributed by atoms with Crippen LogP contribution in [0.4, 0.5) is 0 Å². The van der Waals surface area contributed by atoms with Crippen molar-refractivity contribution in [2.45, 2.75) is 32.0 Å². The smallest absolute Gasteiger partial charge is 0.236 e. The van der Waals surface area contributed by atoms with E-state index in [-0.39, 0.29) is 5.91 Å². The maximum Gasteiger partial charge on any atom is 0.236 e. The summed E-state index contributed by atoms with van der Waals surface area (Å²) in [6.45, 7) is 5.01. The van der Waals surface area contributed by atoms with Crippen molar-refractivity contribution in [2.24, 2.45) is 5.92 Å². The molecule has 3 aliphatic heterocycles. The highest BCUT2D eigenvalue weighted by atomic mass is 16.2. The number of fused-ring (bicyclic) bond motifs is 4. The molecular weight excluding hydrogens is 348 g/mol. The Bertz CT molecular complexity index is 767. The van der Waals surface area contributed by atoms with Crippen molar-refractivity contribution in [2.75, 3.05) is 33.2 Å². The van der Waals surface area contributed by atoms with Crippen LogP contribution >= 0.6 is 0 Å². The molecule has 5 nitrogen and oxygen atoms in total. The number of amides is 1. The van der Waals surface area contributed by atoms with Crippen LogP contribution in [0.1, 0.15) is 24.1 Å². The van der Waals surface area contributed by atoms with Crippen LogP contribution < -0.4 is 0 Å². The summed E-state index contributed by atoms with van der Waals surface area (Å²) in [4.78, 5) is 24.1. The Kier molecular flexibility index (Phi) is 6.03. The molecule has 1 amide bonds. The summed E-state index contributed by atoms with van der Waals surface area (Å²) in [5, 5.41) is 0. The zero-order chi connectivity index (χ0) is 19.3. The second kappa shape index (κ2) is 8.84. The van der Waals surface area contributed by atoms with Crippen LogP contribution in [-0.4, -0.2) is 64.9 Å². The highest BCUT2D eigenvalue weighted by Gasteiger charge is 2.36. The number of aromatic nitrogens is 1. The Hall–Kier alpha value is -2.24. The van der Waals surface area contributed by atoms with Crippen molar-refractivity contribution in [3.63, 3.8) is 0 Å². The van der Waals surface area contributed by atoms with E-state index in [2.05, 4.69) is 50.0 Å². The molecule has 28 heavy (non-hydrogen) atoms. The summed E-state index contributed by atoms with van der Waals surface area (Å²) in [5.74, 6) is 0.837. The van der Waals surface area contributed by atoms with E-state index in [9.17, 15) is 4.79 Å². The summed E-state index contributed by atoms with van der Waals surface area (Å²) in [6, 6.07) is 17.1. The number of hydrogen-bond acceptors (Lipinski definition) is 4. The highest BCUT2D eigenvalue weighted by Crippen LogP contribution is 2.29. The Morgan fingerprint density at radius 3 is 2.68 bits per heavy atom. The second-order valence-corrected chi connectivity index (χ2v) is 8.30. The van der Waals surface area contributed by atoms with Gasteiger partial charge >= 0.3 is 0 Å². The average Bonchev–Trinajstić information content (AvgIpc) is 3.01. The monoisotopic (exact) mass is 378 g/mol. The molecule has 4 heterocycles. The normalized spacial score (nSPS) is 22.4. The molecule has 3 saturated heterocycles. The Labute approximate surface area is 168 Å². The first-order valence-electron chi connectivity index (χ1n) is 10.3. The summed E-state index contributed by atoms with van der Waals surface area (Å²) in [6.07, 6.45) is 4.24. The summed E-state index contributed by atoms with van der Waals surface area (Å²) >= 11 is 0. The van der Waals surface area contributed by atoms with Gasteiger partial charge in [0, 0.05) is 45.0 Å². The van der Waals surface area contributed by atoms with E-state index < -0.39 is 0 Å². The molecule has 5 rings (SSSR count). The van der Waals surface area contributed by atoms with Gasteiger partial charge in [0.05, 0.1) is 12.2 Å². The molecule has 148 valence electrons. The third-order valence-corrected chi connectivity index (χ3v) is 5.97. The lowest BCUT2D eigenvalue weighted by molar-refractivity contribution is -0.132. The van der Waals surface area contributed by atoms with Gasteiger partial charge in [-0.3, -0.25) is 19.6 Å². The van der Waals surface area contributed by atoms with Gasteiger partial charge in [-0.25, -0.2) is 0 Å². The molecule has 3 fully saturated rings. The van der Waals surface area contributed by atoms with Crippen LogP contribution in [0.25, 0.3) is 0 Å². The van der Waals surface area contributed by atoms with E-state index in [1.54, 1.807) is 6.20 Å². The minimum atomic E-state index is 0.247. The summed E-state index contributed by atoms with van der Waals surface area (Å²) in [7, 11) is 2.00. The van der Waals surface area contributed by atoms with Gasteiger partial charge in [-0.15, -0.1) is 0 Å². The maximum absolute atomic E-state index is 13.0. The lowest BCUT2D eigenvalue weighted by Crippen LogP contribution is -2.45. The molecule has 0 saturated carbocycles. The third-order valence-electron chi connectivity index (χ3n) is 5.97. The molecule has 2 atom stereocenters. The number of carbonyl (C=O) groups excluding carboxylic acids is 1. The predicted octanol–water partition coefficient (Wildman–Crippen LogP) is 2.64. The Morgan fingerprint density at radius 2 is 1.89 bits per heavy atom. The molecule has 5 heteroatoms. The van der Waals surface area contributed by atoms with Gasteiger partial charge in [0.1, 0.15) is 0 Å². The van der Waals surface area contributed by atoms with Gasteiger partial charge in [0.2, 0.25) is 5.91 Å². The SMILES string of the molecule is CN(CC(=O)N1C[C@H]2CC[C@@H](C1)N(Cc1ccccc1)C2)Cc1ccccn1. The fraction of sp³-hybridized carbons (Fsp3) is 0.478. The number of nitrogens with zero attached hydrogens (tertiary/aromatic N) is 4. The van der Waals surface area contributed by atoms with Gasteiger partial charge in [-0.2, -0.15) is 0 Å². The van der Waals surface area contributed by atoms with Crippen LogP contribution in [-0.2, 0) is 17.9 Å². The van der Waals surface area contributed by atoms with Crippen molar-refractivity contribution < 1.29 is 4.79 Å². The van der Waals surface area contributed by atoms with Crippen molar-refractivity contribution in [1.29, 1.82) is 0 Å². The van der Waals surface area contributed by atoms with Gasteiger partial charge < -0.3 is 4.90 Å². The number of pyridine rings is 1. The van der Waals surface area contributed by atoms with Crippen LogP contribution in [0.2, 0.25) is 0 Å². The Morgan fingerprint density at radius 1 is 1.07 bits per heavy atom. The number of rotatable bonds is 6. The zero-order valence-electron chi connectivity index (χ0n) is 16.7. The average molecular weight is 379 g/mol. The van der Waals surface area contributed by atoms with Crippen molar-refractivity contribution in [3.8, 4) is 0 Å². The lowest BCUT2D eigenvalue weighted by Gasteiger charge is -2.36. The van der Waals surface area contributed by atoms with Crippen LogP contribution in [0.5, 0.6) is 0 Å². The lowest BCUT2D eigenvalue weighted by atomic mass is 9.94. The standard InChI is InChI=1S/C23H30N4O/c1-25(16-21-9-5-6-12-24-21)18-23(28)27-15-20-10-11-22(17-27)26(14-20)13-19-7-3-2-4-8-19/h2-9,12,20,22H,10-11,13-18H2,1H3/t20-,22-/m0/s1. The molecule has 0 spiro atoms. The fourth-order valence-corrected chi connectivity index (χ4v) is 4.55. The minimum Gasteiger partial charge on any atom is -0.340 e. The number of likely N-dealkylation sites (N-methyl/N-ethyl adjacent to an activating group) is 1. The molecule has 2 aromatic rings. The van der Waals surface area contributed by atoms with E-state index >= 15 is 0 Å². The largest absolute Gasteiger partial charge is 0.340 e. The topological polar surface area (TPSA) is 39.7 Å². The first kappa shape index (κ1) is 19.1. The molecular formula is C23H30N4O. The van der Waals surface area contributed by atoms with E-state index in [0.29, 0.717) is 25.0 Å². The number of benzene rings is 1. The van der Waals surface area contributed by atoms with E-state index in [1.165, 1.54) is 18.4 Å². The van der Waals surface area contributed by atoms with Crippen LogP contribution in [0.15, 0.2) is 54.7 Å². The summed E-state index contributed by atoms with van der Waals surface area (Å²) < 4.78 is 0. The molecule has 1 aromatic heterocycles. The van der Waals surface area contributed by atoms with Gasteiger partial charge in [0.25, 0.3) is 0 Å². The van der Waals surface area contributed by atoms with Crippen LogP contribution in [0, 0.1) is 5.92 Å². The van der Waals surface area contributed by atoms with Gasteiger partial charge in [-0.1, -0.05) is 36.4 Å². The number of hydrogen-bond donors (Lipinski definition) is 0. The minimum absolute atomic E-state index is 0.247. The first-order valence-corrected chi connectivity index (χ1v) is 10.3. The molecule has 0 unspecified atom stereocenters. The highest BCUT2D eigenvalue weighted by molar-refractivity contribution is 5.78. The molecule has 2 bridgehead atoms. The van der Waals surface area contributed by atoms with E-state index in [1.807, 2.05) is 25.2 Å². The first-order chi connectivity index (χ1) is 13.7. The van der Waals surface area contributed by atoms with Gasteiger partial charge in [0.15, 0.2) is 0 Å².